The van der Waals surface area contributed by atoms with E-state index in [1.165, 1.54) is 0 Å². The van der Waals surface area contributed by atoms with Crippen LogP contribution in [0.1, 0.15) is 6.85 Å². The Morgan fingerprint density at radius 3 is 1.85 bits per heavy atom. The fourth-order valence-electron chi connectivity index (χ4n) is 7.80. The van der Waals surface area contributed by atoms with Crippen LogP contribution in [0.25, 0.3) is 99.3 Å². The number of fused-ring (bicyclic) bond motifs is 8. The van der Waals surface area contributed by atoms with Crippen LogP contribution in [0.3, 0.4) is 0 Å². The van der Waals surface area contributed by atoms with Crippen LogP contribution in [0.15, 0.2) is 182 Å². The van der Waals surface area contributed by atoms with Gasteiger partial charge in [-0.15, -0.1) is 0 Å². The molecule has 52 heavy (non-hydrogen) atoms. The van der Waals surface area contributed by atoms with E-state index in [2.05, 4.69) is 118 Å². The smallest absolute Gasteiger partial charge is 0.165 e. The summed E-state index contributed by atoms with van der Waals surface area (Å²) in [7, 11) is 0. The standard InChI is InChI=1S/C48H30N4/c1-3-13-31(14-4-1)34-24-26-41-42(28-34)49-47(35-23-25-39-37-19-9-11-21-43(37)51(45(39)30-35)36-17-5-2-6-18-36)48(50-41)52-44-22-12-10-20-38(44)40-27-32-15-7-8-16-33(32)29-46(40)52/h1-30H/i1D,3D,4D,13D,14D. The van der Waals surface area contributed by atoms with Gasteiger partial charge in [-0.2, -0.15) is 0 Å². The highest BCUT2D eigenvalue weighted by Crippen LogP contribution is 2.40. The first kappa shape index (κ1) is 24.2. The van der Waals surface area contributed by atoms with Gasteiger partial charge >= 0.3 is 0 Å². The Hall–Kier alpha value is -7.04. The van der Waals surface area contributed by atoms with Crippen molar-refractivity contribution in [2.24, 2.45) is 0 Å². The number of nitrogens with zero attached hydrogens (tertiary/aromatic N) is 4. The summed E-state index contributed by atoms with van der Waals surface area (Å²) in [6.07, 6.45) is 0. The fourth-order valence-corrected chi connectivity index (χ4v) is 7.80. The molecular weight excluding hydrogens is 633 g/mol. The van der Waals surface area contributed by atoms with Crippen molar-refractivity contribution in [3.05, 3.63) is 182 Å². The first-order valence-electron chi connectivity index (χ1n) is 19.8. The quantitative estimate of drug-likeness (QED) is 0.187. The van der Waals surface area contributed by atoms with Crippen molar-refractivity contribution < 1.29 is 6.85 Å². The molecule has 0 unspecified atom stereocenters. The lowest BCUT2D eigenvalue weighted by Gasteiger charge is -2.15. The van der Waals surface area contributed by atoms with Gasteiger partial charge in [0.25, 0.3) is 0 Å². The van der Waals surface area contributed by atoms with Crippen LogP contribution in [-0.2, 0) is 0 Å². The van der Waals surface area contributed by atoms with E-state index in [-0.39, 0.29) is 29.7 Å². The van der Waals surface area contributed by atoms with Gasteiger partial charge in [-0.25, -0.2) is 9.97 Å². The summed E-state index contributed by atoms with van der Waals surface area (Å²) in [4.78, 5) is 10.8. The molecule has 0 fully saturated rings. The average Bonchev–Trinajstić information content (AvgIpc) is 3.76. The maximum Gasteiger partial charge on any atom is 0.165 e. The largest absolute Gasteiger partial charge is 0.309 e. The molecule has 0 atom stereocenters. The van der Waals surface area contributed by atoms with Crippen LogP contribution in [0, 0.1) is 0 Å². The Morgan fingerprint density at radius 1 is 0.404 bits per heavy atom. The molecule has 0 N–H and O–H groups in total. The van der Waals surface area contributed by atoms with Crippen molar-refractivity contribution in [3.8, 4) is 33.9 Å². The average molecular weight is 668 g/mol. The minimum Gasteiger partial charge on any atom is -0.309 e. The monoisotopic (exact) mass is 667 g/mol. The van der Waals surface area contributed by atoms with Gasteiger partial charge in [0.1, 0.15) is 5.69 Å². The van der Waals surface area contributed by atoms with Crippen molar-refractivity contribution in [2.45, 2.75) is 0 Å². The molecule has 0 aliphatic heterocycles. The molecule has 0 radical (unpaired) electrons. The van der Waals surface area contributed by atoms with Gasteiger partial charge in [-0.05, 0) is 76.5 Å². The van der Waals surface area contributed by atoms with Crippen LogP contribution < -0.4 is 0 Å². The van der Waals surface area contributed by atoms with Crippen molar-refractivity contribution in [3.63, 3.8) is 0 Å². The van der Waals surface area contributed by atoms with E-state index < -0.39 is 6.04 Å². The lowest BCUT2D eigenvalue weighted by molar-refractivity contribution is 1.08. The molecule has 8 aromatic carbocycles. The van der Waals surface area contributed by atoms with Crippen LogP contribution >= 0.6 is 0 Å². The van der Waals surface area contributed by atoms with Gasteiger partial charge in [0.15, 0.2) is 5.82 Å². The molecule has 0 bridgehead atoms. The van der Waals surface area contributed by atoms with E-state index in [9.17, 15) is 0 Å². The molecule has 242 valence electrons. The number of para-hydroxylation sites is 3. The minimum atomic E-state index is -0.427. The second-order valence-corrected chi connectivity index (χ2v) is 13.1. The summed E-state index contributed by atoms with van der Waals surface area (Å²) in [5.74, 6) is 0.654. The number of benzene rings is 8. The molecule has 11 rings (SSSR count). The highest BCUT2D eigenvalue weighted by atomic mass is 15.1. The van der Waals surface area contributed by atoms with E-state index in [0.717, 1.165) is 65.6 Å². The lowest BCUT2D eigenvalue weighted by atomic mass is 10.0. The van der Waals surface area contributed by atoms with Gasteiger partial charge in [0, 0.05) is 32.8 Å². The molecule has 3 aromatic heterocycles. The van der Waals surface area contributed by atoms with Gasteiger partial charge < -0.3 is 4.57 Å². The van der Waals surface area contributed by atoms with Gasteiger partial charge in [0.05, 0.1) is 40.0 Å². The zero-order valence-corrected chi connectivity index (χ0v) is 27.7. The van der Waals surface area contributed by atoms with Gasteiger partial charge in [-0.1, -0.05) is 127 Å². The highest BCUT2D eigenvalue weighted by molar-refractivity contribution is 6.14. The Kier molecular flexibility index (Phi) is 5.22. The molecule has 0 aliphatic carbocycles. The van der Waals surface area contributed by atoms with Gasteiger partial charge in [0.2, 0.25) is 0 Å². The summed E-state index contributed by atoms with van der Waals surface area (Å²) < 4.78 is 46.7. The predicted molar refractivity (Wildman–Crippen MR) is 217 cm³/mol. The Balaban J connectivity index is 1.25. The zero-order chi connectivity index (χ0) is 38.5. The summed E-state index contributed by atoms with van der Waals surface area (Å²) in [5, 5.41) is 6.72. The fraction of sp³-hybridized carbons (Fsp3) is 0. The first-order chi connectivity index (χ1) is 27.9. The zero-order valence-electron chi connectivity index (χ0n) is 32.7. The lowest BCUT2D eigenvalue weighted by Crippen LogP contribution is -2.04. The topological polar surface area (TPSA) is 35.6 Å². The molecule has 3 heterocycles. The number of hydrogen-bond donors (Lipinski definition) is 0. The van der Waals surface area contributed by atoms with E-state index in [1.54, 1.807) is 12.1 Å². The first-order valence-corrected chi connectivity index (χ1v) is 17.3. The van der Waals surface area contributed by atoms with E-state index in [0.29, 0.717) is 28.1 Å². The van der Waals surface area contributed by atoms with Crippen LogP contribution in [-0.4, -0.2) is 19.1 Å². The molecule has 0 spiro atoms. The third-order valence-corrected chi connectivity index (χ3v) is 10.1. The van der Waals surface area contributed by atoms with Crippen LogP contribution in [0.4, 0.5) is 0 Å². The molecule has 0 saturated carbocycles. The van der Waals surface area contributed by atoms with Crippen LogP contribution in [0.2, 0.25) is 0 Å². The van der Waals surface area contributed by atoms with E-state index >= 15 is 0 Å². The molecule has 0 amide bonds. The highest BCUT2D eigenvalue weighted by Gasteiger charge is 2.21. The summed E-state index contributed by atoms with van der Waals surface area (Å²) >= 11 is 0. The van der Waals surface area contributed by atoms with Crippen molar-refractivity contribution >= 4 is 65.4 Å². The van der Waals surface area contributed by atoms with E-state index in [1.807, 2.05) is 30.3 Å². The number of aromatic nitrogens is 4. The molecule has 11 aromatic rings. The van der Waals surface area contributed by atoms with Crippen molar-refractivity contribution in [1.82, 2.24) is 19.1 Å². The molecule has 4 heteroatoms. The number of hydrogen-bond acceptors (Lipinski definition) is 2. The summed E-state index contributed by atoms with van der Waals surface area (Å²) in [6.45, 7) is 0. The van der Waals surface area contributed by atoms with Crippen molar-refractivity contribution in [2.75, 3.05) is 0 Å². The second kappa shape index (κ2) is 11.2. The Labute approximate surface area is 306 Å². The SMILES string of the molecule is [2H]c1c([2H])c([2H])c(-c2ccc3nc(-n4c5ccccc5c5cc6ccccc6cc54)c(-c4ccc5c6ccccc6n(-c6ccccc6)c5c4)nc3c2)c([2H])c1[2H]. The normalized spacial score (nSPS) is 13.2. The number of rotatable bonds is 4. The maximum atomic E-state index is 8.70. The Morgan fingerprint density at radius 2 is 1.04 bits per heavy atom. The third-order valence-electron chi connectivity index (χ3n) is 10.1. The molecule has 0 saturated heterocycles. The molecule has 4 nitrogen and oxygen atoms in total. The predicted octanol–water partition coefficient (Wildman–Crippen LogP) is 12.3. The Bertz CT molecular complexity index is 3450. The maximum absolute atomic E-state index is 8.70. The van der Waals surface area contributed by atoms with E-state index in [4.69, 9.17) is 16.8 Å². The summed E-state index contributed by atoms with van der Waals surface area (Å²) in [5.41, 5.74) is 8.39. The second-order valence-electron chi connectivity index (χ2n) is 13.1. The minimum absolute atomic E-state index is 0.124. The third kappa shape index (κ3) is 4.34. The molecular formula is C48H30N4. The van der Waals surface area contributed by atoms with Crippen LogP contribution in [0.5, 0.6) is 0 Å². The van der Waals surface area contributed by atoms with Gasteiger partial charge in [-0.3, -0.25) is 4.57 Å². The van der Waals surface area contributed by atoms with Crippen molar-refractivity contribution in [1.29, 1.82) is 0 Å². The molecule has 0 aliphatic rings. The summed E-state index contributed by atoms with van der Waals surface area (Å²) in [6, 6.07) is 50.1.